The van der Waals surface area contributed by atoms with Gasteiger partial charge < -0.3 is 15.1 Å². The fourth-order valence-corrected chi connectivity index (χ4v) is 4.49. The number of hydrogen-bond acceptors (Lipinski definition) is 8. The van der Waals surface area contributed by atoms with Gasteiger partial charge in [-0.25, -0.2) is 4.79 Å². The highest BCUT2D eigenvalue weighted by atomic mass is 35.5. The molecule has 0 bridgehead atoms. The summed E-state index contributed by atoms with van der Waals surface area (Å²) in [5.41, 5.74) is 1.76. The quantitative estimate of drug-likeness (QED) is 0.285. The van der Waals surface area contributed by atoms with E-state index in [9.17, 15) is 14.4 Å². The molecule has 12 heteroatoms. The van der Waals surface area contributed by atoms with E-state index >= 15 is 0 Å². The Balaban J connectivity index is 1.26. The molecule has 2 heterocycles. The molecule has 0 saturated heterocycles. The van der Waals surface area contributed by atoms with Gasteiger partial charge in [0, 0.05) is 23.7 Å². The van der Waals surface area contributed by atoms with Crippen molar-refractivity contribution in [3.63, 3.8) is 0 Å². The van der Waals surface area contributed by atoms with Crippen molar-refractivity contribution in [2.45, 2.75) is 17.3 Å². The number of aryl methyl sites for hydroxylation is 1. The summed E-state index contributed by atoms with van der Waals surface area (Å²) in [5, 5.41) is 14.2. The lowest BCUT2D eigenvalue weighted by atomic mass is 10.3. The number of fused-ring (bicyclic) bond motifs is 1. The maximum atomic E-state index is 12.3. The van der Waals surface area contributed by atoms with Gasteiger partial charge in [-0.05, 0) is 36.4 Å². The molecule has 0 spiro atoms. The van der Waals surface area contributed by atoms with E-state index in [0.717, 1.165) is 11.3 Å². The molecule has 0 aliphatic rings. The van der Waals surface area contributed by atoms with Crippen LogP contribution in [0.5, 0.6) is 0 Å². The summed E-state index contributed by atoms with van der Waals surface area (Å²) in [7, 11) is 0. The van der Waals surface area contributed by atoms with Crippen LogP contribution < -0.4 is 16.4 Å². The van der Waals surface area contributed by atoms with Gasteiger partial charge in [-0.1, -0.05) is 46.8 Å². The molecule has 0 radical (unpaired) electrons. The number of anilines is 2. The van der Waals surface area contributed by atoms with Crippen molar-refractivity contribution < 1.29 is 14.0 Å². The van der Waals surface area contributed by atoms with E-state index in [1.54, 1.807) is 48.5 Å². The number of nitrogens with zero attached hydrogens (tertiary/aromatic N) is 3. The Hall–Kier alpha value is -3.15. The molecule has 2 aromatic carbocycles. The average molecular weight is 490 g/mol. The highest BCUT2D eigenvalue weighted by Gasteiger charge is 2.13. The Labute approximate surface area is 194 Å². The monoisotopic (exact) mass is 489 g/mol. The molecule has 9 nitrogen and oxygen atoms in total. The number of thioether (sulfide) groups is 1. The number of amides is 2. The van der Waals surface area contributed by atoms with Crippen molar-refractivity contribution in [2.24, 2.45) is 0 Å². The number of carbonyl (C=O) groups excluding carboxylic acids is 2. The van der Waals surface area contributed by atoms with Gasteiger partial charge in [0.25, 0.3) is 0 Å². The standard InChI is InChI=1S/C20H16ClN5O4S2/c21-12-5-7-13(8-6-12)22-17(28)11-31-19-25-24-18(32-19)23-16(27)9-10-26-14-3-1-2-4-15(14)30-20(26)29/h1-8H,9-11H2,(H,22,28)(H,23,24,27). The highest BCUT2D eigenvalue weighted by Crippen LogP contribution is 2.26. The maximum absolute atomic E-state index is 12.3. The van der Waals surface area contributed by atoms with Gasteiger partial charge >= 0.3 is 5.76 Å². The molecule has 0 atom stereocenters. The van der Waals surface area contributed by atoms with Gasteiger partial charge in [-0.2, -0.15) is 0 Å². The second-order valence-electron chi connectivity index (χ2n) is 6.50. The van der Waals surface area contributed by atoms with Crippen LogP contribution in [0.2, 0.25) is 5.02 Å². The summed E-state index contributed by atoms with van der Waals surface area (Å²) >= 11 is 8.20. The van der Waals surface area contributed by atoms with Crippen molar-refractivity contribution in [2.75, 3.05) is 16.4 Å². The third-order valence-electron chi connectivity index (χ3n) is 4.24. The lowest BCUT2D eigenvalue weighted by Crippen LogP contribution is -2.19. The topological polar surface area (TPSA) is 119 Å². The van der Waals surface area contributed by atoms with Crippen LogP contribution in [-0.2, 0) is 16.1 Å². The van der Waals surface area contributed by atoms with Crippen molar-refractivity contribution in [1.29, 1.82) is 0 Å². The van der Waals surface area contributed by atoms with E-state index < -0.39 is 5.76 Å². The van der Waals surface area contributed by atoms with E-state index in [-0.39, 0.29) is 30.5 Å². The van der Waals surface area contributed by atoms with E-state index in [1.165, 1.54) is 16.3 Å². The van der Waals surface area contributed by atoms with Gasteiger partial charge in [0.1, 0.15) is 0 Å². The van der Waals surface area contributed by atoms with Crippen LogP contribution in [0, 0.1) is 0 Å². The zero-order valence-electron chi connectivity index (χ0n) is 16.4. The number of hydrogen-bond donors (Lipinski definition) is 2. The molecule has 2 aromatic heterocycles. The number of carbonyl (C=O) groups is 2. The highest BCUT2D eigenvalue weighted by molar-refractivity contribution is 8.01. The first-order valence-electron chi connectivity index (χ1n) is 9.38. The Kier molecular flexibility index (Phi) is 6.88. The summed E-state index contributed by atoms with van der Waals surface area (Å²) in [4.78, 5) is 36.3. The van der Waals surface area contributed by atoms with Crippen LogP contribution in [0.3, 0.4) is 0 Å². The number of aromatic nitrogens is 3. The fraction of sp³-hybridized carbons (Fsp3) is 0.150. The molecule has 0 aliphatic heterocycles. The minimum absolute atomic E-state index is 0.0645. The van der Waals surface area contributed by atoms with Crippen molar-refractivity contribution in [1.82, 2.24) is 14.8 Å². The van der Waals surface area contributed by atoms with Gasteiger partial charge in [0.05, 0.1) is 11.3 Å². The van der Waals surface area contributed by atoms with Crippen LogP contribution in [0.1, 0.15) is 6.42 Å². The molecular weight excluding hydrogens is 474 g/mol. The average Bonchev–Trinajstić information content (AvgIpc) is 3.35. The minimum Gasteiger partial charge on any atom is -0.408 e. The molecule has 2 amide bonds. The molecule has 0 saturated carbocycles. The van der Waals surface area contributed by atoms with Gasteiger partial charge in [-0.3, -0.25) is 14.2 Å². The van der Waals surface area contributed by atoms with Gasteiger partial charge in [0.2, 0.25) is 16.9 Å². The van der Waals surface area contributed by atoms with Gasteiger partial charge in [-0.15, -0.1) is 10.2 Å². The van der Waals surface area contributed by atoms with Crippen LogP contribution >= 0.6 is 34.7 Å². The van der Waals surface area contributed by atoms with Crippen LogP contribution in [0.15, 0.2) is 62.1 Å². The maximum Gasteiger partial charge on any atom is 0.419 e. The molecule has 2 N–H and O–H groups in total. The van der Waals surface area contributed by atoms with E-state index in [1.807, 2.05) is 0 Å². The second-order valence-corrected chi connectivity index (χ2v) is 9.14. The summed E-state index contributed by atoms with van der Waals surface area (Å²) < 4.78 is 7.11. The van der Waals surface area contributed by atoms with E-state index in [4.69, 9.17) is 16.0 Å². The molecule has 164 valence electrons. The summed E-state index contributed by atoms with van der Waals surface area (Å²) in [6, 6.07) is 13.8. The number of benzene rings is 2. The molecule has 32 heavy (non-hydrogen) atoms. The van der Waals surface area contributed by atoms with Crippen molar-refractivity contribution in [3.8, 4) is 0 Å². The molecule has 4 rings (SSSR count). The molecular formula is C20H16ClN5O4S2. The van der Waals surface area contributed by atoms with E-state index in [2.05, 4.69) is 20.8 Å². The number of halogens is 1. The number of oxazole rings is 1. The lowest BCUT2D eigenvalue weighted by Gasteiger charge is -2.03. The Morgan fingerprint density at radius 3 is 2.66 bits per heavy atom. The zero-order valence-corrected chi connectivity index (χ0v) is 18.8. The third-order valence-corrected chi connectivity index (χ3v) is 6.47. The van der Waals surface area contributed by atoms with Gasteiger partial charge in [0.15, 0.2) is 9.92 Å². The summed E-state index contributed by atoms with van der Waals surface area (Å²) in [5.74, 6) is -0.876. The normalized spacial score (nSPS) is 10.9. The lowest BCUT2D eigenvalue weighted by molar-refractivity contribution is -0.116. The number of nitrogens with one attached hydrogen (secondary N) is 2. The predicted octanol–water partition coefficient (Wildman–Crippen LogP) is 3.86. The van der Waals surface area contributed by atoms with Crippen LogP contribution in [0.4, 0.5) is 10.8 Å². The SMILES string of the molecule is O=C(CSc1nnc(NC(=O)CCn2c(=O)oc3ccccc32)s1)Nc1ccc(Cl)cc1. The summed E-state index contributed by atoms with van der Waals surface area (Å²) in [6.45, 7) is 0.174. The van der Waals surface area contributed by atoms with Crippen LogP contribution in [-0.4, -0.2) is 32.3 Å². The fourth-order valence-electron chi connectivity index (χ4n) is 2.80. The minimum atomic E-state index is -0.509. The first-order chi connectivity index (χ1) is 15.5. The smallest absolute Gasteiger partial charge is 0.408 e. The first kappa shape index (κ1) is 22.1. The Morgan fingerprint density at radius 1 is 1.06 bits per heavy atom. The van der Waals surface area contributed by atoms with Crippen molar-refractivity contribution >= 4 is 68.4 Å². The molecule has 0 fully saturated rings. The Bertz CT molecular complexity index is 1320. The van der Waals surface area contributed by atoms with Crippen LogP contribution in [0.25, 0.3) is 11.1 Å². The largest absolute Gasteiger partial charge is 0.419 e. The van der Waals surface area contributed by atoms with Crippen molar-refractivity contribution in [3.05, 3.63) is 64.1 Å². The number of rotatable bonds is 8. The third kappa shape index (κ3) is 5.55. The first-order valence-corrected chi connectivity index (χ1v) is 11.6. The summed E-state index contributed by atoms with van der Waals surface area (Å²) in [6.07, 6.45) is 0.0645. The Morgan fingerprint density at radius 2 is 1.84 bits per heavy atom. The van der Waals surface area contributed by atoms with E-state index in [0.29, 0.717) is 31.3 Å². The number of para-hydroxylation sites is 2. The molecule has 0 unspecified atom stereocenters. The second kappa shape index (κ2) is 9.98. The molecule has 4 aromatic rings. The predicted molar refractivity (Wildman–Crippen MR) is 124 cm³/mol. The zero-order chi connectivity index (χ0) is 22.5. The molecule has 0 aliphatic carbocycles.